The monoisotopic (exact) mass is 246 g/mol. The van der Waals surface area contributed by atoms with Crippen LogP contribution in [0.5, 0.6) is 0 Å². The highest BCUT2D eigenvalue weighted by molar-refractivity contribution is 9.10. The summed E-state index contributed by atoms with van der Waals surface area (Å²) in [5.74, 6) is 0.506. The van der Waals surface area contributed by atoms with Crippen LogP contribution in [-0.2, 0) is 0 Å². The smallest absolute Gasteiger partial charge is 0.200 e. The maximum absolute atomic E-state index is 5.73. The van der Waals surface area contributed by atoms with Crippen molar-refractivity contribution in [2.75, 3.05) is 0 Å². The van der Waals surface area contributed by atoms with Gasteiger partial charge in [0.15, 0.2) is 0 Å². The van der Waals surface area contributed by atoms with E-state index in [9.17, 15) is 0 Å². The van der Waals surface area contributed by atoms with Crippen LogP contribution < -0.4 is 0 Å². The highest BCUT2D eigenvalue weighted by Gasteiger charge is 2.04. The van der Waals surface area contributed by atoms with Gasteiger partial charge in [-0.2, -0.15) is 9.97 Å². The molecule has 4 nitrogen and oxygen atoms in total. The average Bonchev–Trinajstić information content (AvgIpc) is 2.29. The SMILES string of the molecule is Cc1cc(Cl)nc2nc(Br)nn12. The third-order valence-corrected chi connectivity index (χ3v) is 1.96. The molecule has 0 radical (unpaired) electrons. The first-order chi connectivity index (χ1) is 5.66. The van der Waals surface area contributed by atoms with Crippen LogP contribution in [0.2, 0.25) is 5.15 Å². The number of fused-ring (bicyclic) bond motifs is 1. The van der Waals surface area contributed by atoms with E-state index in [1.54, 1.807) is 10.6 Å². The molecule has 2 rings (SSSR count). The fourth-order valence-electron chi connectivity index (χ4n) is 0.950. The molecule has 0 saturated carbocycles. The van der Waals surface area contributed by atoms with Crippen molar-refractivity contribution in [1.82, 2.24) is 19.6 Å². The maximum atomic E-state index is 5.73. The van der Waals surface area contributed by atoms with Crippen LogP contribution in [-0.4, -0.2) is 19.6 Å². The number of halogens is 2. The summed E-state index contributed by atoms with van der Waals surface area (Å²) >= 11 is 8.88. The summed E-state index contributed by atoms with van der Waals surface area (Å²) in [6.45, 7) is 1.89. The first-order valence-corrected chi connectivity index (χ1v) is 4.39. The highest BCUT2D eigenvalue weighted by Crippen LogP contribution is 2.11. The van der Waals surface area contributed by atoms with Crippen molar-refractivity contribution in [1.29, 1.82) is 0 Å². The van der Waals surface area contributed by atoms with E-state index in [0.29, 0.717) is 15.7 Å². The zero-order chi connectivity index (χ0) is 8.72. The van der Waals surface area contributed by atoms with Crippen LogP contribution in [0.1, 0.15) is 5.69 Å². The van der Waals surface area contributed by atoms with E-state index in [-0.39, 0.29) is 0 Å². The molecule has 12 heavy (non-hydrogen) atoms. The number of hydrogen-bond acceptors (Lipinski definition) is 3. The van der Waals surface area contributed by atoms with E-state index < -0.39 is 0 Å². The van der Waals surface area contributed by atoms with Gasteiger partial charge < -0.3 is 0 Å². The average molecular weight is 247 g/mol. The second-order valence-corrected chi connectivity index (χ2v) is 3.41. The molecule has 0 aliphatic heterocycles. The summed E-state index contributed by atoms with van der Waals surface area (Å²) in [7, 11) is 0. The summed E-state index contributed by atoms with van der Waals surface area (Å²) in [6.07, 6.45) is 0. The lowest BCUT2D eigenvalue weighted by Gasteiger charge is -1.95. The third kappa shape index (κ3) is 1.19. The molecule has 6 heteroatoms. The normalized spacial score (nSPS) is 10.9. The van der Waals surface area contributed by atoms with E-state index in [2.05, 4.69) is 31.0 Å². The van der Waals surface area contributed by atoms with E-state index in [1.807, 2.05) is 6.92 Å². The Morgan fingerprint density at radius 2 is 2.25 bits per heavy atom. The van der Waals surface area contributed by atoms with Crippen LogP contribution in [0.25, 0.3) is 5.78 Å². The molecule has 0 aromatic carbocycles. The second-order valence-electron chi connectivity index (χ2n) is 2.31. The largest absolute Gasteiger partial charge is 0.254 e. The molecule has 2 aromatic heterocycles. The molecule has 0 N–H and O–H groups in total. The molecule has 2 heterocycles. The molecule has 0 saturated heterocycles. The Labute approximate surface area is 81.7 Å². The highest BCUT2D eigenvalue weighted by atomic mass is 79.9. The van der Waals surface area contributed by atoms with Gasteiger partial charge in [-0.05, 0) is 28.9 Å². The minimum atomic E-state index is 0.430. The second kappa shape index (κ2) is 2.67. The lowest BCUT2D eigenvalue weighted by atomic mass is 10.5. The molecule has 0 amide bonds. The Morgan fingerprint density at radius 3 is 3.00 bits per heavy atom. The van der Waals surface area contributed by atoms with Gasteiger partial charge in [0.2, 0.25) is 4.73 Å². The summed E-state index contributed by atoms with van der Waals surface area (Å²) in [4.78, 5) is 7.99. The fraction of sp³-hybridized carbons (Fsp3) is 0.167. The lowest BCUT2D eigenvalue weighted by molar-refractivity contribution is 0.885. The third-order valence-electron chi connectivity index (χ3n) is 1.43. The van der Waals surface area contributed by atoms with Crippen molar-refractivity contribution in [3.05, 3.63) is 21.6 Å². The molecule has 0 fully saturated rings. The van der Waals surface area contributed by atoms with Gasteiger partial charge in [-0.1, -0.05) is 11.6 Å². The van der Waals surface area contributed by atoms with E-state index in [1.165, 1.54) is 0 Å². The van der Waals surface area contributed by atoms with Crippen molar-refractivity contribution in [2.24, 2.45) is 0 Å². The molecule has 0 atom stereocenters. The van der Waals surface area contributed by atoms with Gasteiger partial charge in [0.1, 0.15) is 5.15 Å². The van der Waals surface area contributed by atoms with Crippen LogP contribution in [0.3, 0.4) is 0 Å². The summed E-state index contributed by atoms with van der Waals surface area (Å²) < 4.78 is 2.14. The van der Waals surface area contributed by atoms with Crippen molar-refractivity contribution in [3.8, 4) is 0 Å². The Morgan fingerprint density at radius 1 is 1.50 bits per heavy atom. The van der Waals surface area contributed by atoms with Gasteiger partial charge >= 0.3 is 0 Å². The quantitative estimate of drug-likeness (QED) is 0.667. The molecule has 0 bridgehead atoms. The summed E-state index contributed by atoms with van der Waals surface area (Å²) in [5, 5.41) is 4.49. The standard InChI is InChI=1S/C6H4BrClN4/c1-3-2-4(8)9-6-10-5(7)11-12(3)6/h2H,1H3. The number of aromatic nitrogens is 4. The lowest BCUT2D eigenvalue weighted by Crippen LogP contribution is -1.95. The molecule has 0 aliphatic carbocycles. The van der Waals surface area contributed by atoms with Gasteiger partial charge in [0.05, 0.1) is 0 Å². The molecular formula is C6H4BrClN4. The van der Waals surface area contributed by atoms with Gasteiger partial charge in [-0.15, -0.1) is 5.10 Å². The van der Waals surface area contributed by atoms with Gasteiger partial charge in [-0.25, -0.2) is 4.52 Å². The predicted octanol–water partition coefficient (Wildman–Crippen LogP) is 1.85. The van der Waals surface area contributed by atoms with Crippen LogP contribution >= 0.6 is 27.5 Å². The first kappa shape index (κ1) is 7.94. The van der Waals surface area contributed by atoms with Crippen molar-refractivity contribution >= 4 is 33.3 Å². The Hall–Kier alpha value is -0.680. The first-order valence-electron chi connectivity index (χ1n) is 3.22. The summed E-state index contributed by atoms with van der Waals surface area (Å²) in [6, 6.07) is 1.73. The van der Waals surface area contributed by atoms with Crippen LogP contribution in [0, 0.1) is 6.92 Å². The predicted molar refractivity (Wildman–Crippen MR) is 48.2 cm³/mol. The molecule has 2 aromatic rings. The zero-order valence-electron chi connectivity index (χ0n) is 6.12. The van der Waals surface area contributed by atoms with Crippen molar-refractivity contribution in [2.45, 2.75) is 6.92 Å². The van der Waals surface area contributed by atoms with Crippen LogP contribution in [0.15, 0.2) is 10.8 Å². The molecule has 0 aliphatic rings. The Balaban J connectivity index is 2.88. The maximum Gasteiger partial charge on any atom is 0.254 e. The fourth-order valence-corrected chi connectivity index (χ4v) is 1.50. The molecule has 0 spiro atoms. The minimum absolute atomic E-state index is 0.430. The Kier molecular flexibility index (Phi) is 1.77. The van der Waals surface area contributed by atoms with Crippen LogP contribution in [0.4, 0.5) is 0 Å². The van der Waals surface area contributed by atoms with Crippen molar-refractivity contribution in [3.63, 3.8) is 0 Å². The number of nitrogens with zero attached hydrogens (tertiary/aromatic N) is 4. The number of aryl methyl sites for hydroxylation is 1. The topological polar surface area (TPSA) is 43.1 Å². The summed E-state index contributed by atoms with van der Waals surface area (Å²) in [5.41, 5.74) is 0.906. The van der Waals surface area contributed by atoms with Crippen molar-refractivity contribution < 1.29 is 0 Å². The van der Waals surface area contributed by atoms with E-state index in [4.69, 9.17) is 11.6 Å². The van der Waals surface area contributed by atoms with Gasteiger partial charge in [0.25, 0.3) is 5.78 Å². The van der Waals surface area contributed by atoms with E-state index >= 15 is 0 Å². The number of hydrogen-bond donors (Lipinski definition) is 0. The Bertz CT molecular complexity index is 438. The number of rotatable bonds is 0. The molecule has 62 valence electrons. The molecular weight excluding hydrogens is 243 g/mol. The molecule has 0 unspecified atom stereocenters. The minimum Gasteiger partial charge on any atom is -0.200 e. The van der Waals surface area contributed by atoms with Gasteiger partial charge in [-0.3, -0.25) is 0 Å². The van der Waals surface area contributed by atoms with E-state index in [0.717, 1.165) is 5.69 Å². The zero-order valence-corrected chi connectivity index (χ0v) is 8.46. The van der Waals surface area contributed by atoms with Gasteiger partial charge in [0, 0.05) is 5.69 Å².